The number of nitrogens with one attached hydrogen (secondary N) is 2. The summed E-state index contributed by atoms with van der Waals surface area (Å²) in [7, 11) is 0. The summed E-state index contributed by atoms with van der Waals surface area (Å²) in [6, 6.07) is 8.11. The second-order valence-electron chi connectivity index (χ2n) is 8.00. The lowest BCUT2D eigenvalue weighted by Crippen LogP contribution is -2.38. The van der Waals surface area contributed by atoms with Crippen LogP contribution in [0.4, 0.5) is 18.2 Å². The van der Waals surface area contributed by atoms with Gasteiger partial charge in [-0.3, -0.25) is 9.69 Å². The molecule has 1 aromatic carbocycles. The standard InChI is InChI=1S/C23H22F3N3O3S/c1-2-29-9-8-16-18(11-29)33-22-19(16)21(30)27-20(28-22)17-7-6-15(32-17)12-31-14-5-3-4-13(10-14)23(24,25)26/h3-7,10,20,28H,2,8-9,11-12H2,1H3,(H,27,30)/t20-/m1/s1. The lowest BCUT2D eigenvalue weighted by molar-refractivity contribution is -0.137. The molecular formula is C23H22F3N3O3S. The van der Waals surface area contributed by atoms with E-state index in [9.17, 15) is 18.0 Å². The molecule has 0 bridgehead atoms. The maximum Gasteiger partial charge on any atom is 0.416 e. The Labute approximate surface area is 192 Å². The largest absolute Gasteiger partial charge is 0.486 e. The summed E-state index contributed by atoms with van der Waals surface area (Å²) in [6.45, 7) is 4.86. The van der Waals surface area contributed by atoms with Crippen LogP contribution in [0.3, 0.4) is 0 Å². The molecule has 2 aliphatic rings. The van der Waals surface area contributed by atoms with Crippen LogP contribution in [0.5, 0.6) is 5.75 Å². The molecule has 1 amide bonds. The zero-order valence-corrected chi connectivity index (χ0v) is 18.6. The second-order valence-corrected chi connectivity index (χ2v) is 9.10. The third kappa shape index (κ3) is 4.32. The molecule has 4 heterocycles. The molecule has 2 N–H and O–H groups in total. The van der Waals surface area contributed by atoms with Crippen LogP contribution >= 0.6 is 11.3 Å². The Balaban J connectivity index is 1.28. The summed E-state index contributed by atoms with van der Waals surface area (Å²) in [4.78, 5) is 16.4. The van der Waals surface area contributed by atoms with Gasteiger partial charge >= 0.3 is 6.18 Å². The van der Waals surface area contributed by atoms with Crippen LogP contribution in [0, 0.1) is 0 Å². The van der Waals surface area contributed by atoms with Gasteiger partial charge in [-0.05, 0) is 48.9 Å². The number of nitrogens with zero attached hydrogens (tertiary/aromatic N) is 1. The number of alkyl halides is 3. The van der Waals surface area contributed by atoms with E-state index in [0.717, 1.165) is 54.3 Å². The molecule has 0 fully saturated rings. The van der Waals surface area contributed by atoms with E-state index in [4.69, 9.17) is 9.15 Å². The minimum Gasteiger partial charge on any atom is -0.486 e. The van der Waals surface area contributed by atoms with Gasteiger partial charge in [0.2, 0.25) is 0 Å². The monoisotopic (exact) mass is 477 g/mol. The van der Waals surface area contributed by atoms with Crippen molar-refractivity contribution in [2.45, 2.75) is 38.8 Å². The third-order valence-corrected chi connectivity index (χ3v) is 7.02. The van der Waals surface area contributed by atoms with Crippen LogP contribution in [-0.2, 0) is 25.7 Å². The Hall–Kier alpha value is -2.98. The van der Waals surface area contributed by atoms with Gasteiger partial charge in [0.25, 0.3) is 5.91 Å². The number of halogens is 3. The third-order valence-electron chi connectivity index (χ3n) is 5.87. The highest BCUT2D eigenvalue weighted by Gasteiger charge is 2.34. The van der Waals surface area contributed by atoms with Gasteiger partial charge in [0.1, 0.15) is 28.9 Å². The van der Waals surface area contributed by atoms with Crippen LogP contribution in [0.25, 0.3) is 0 Å². The fourth-order valence-corrected chi connectivity index (χ4v) is 5.44. The predicted octanol–water partition coefficient (Wildman–Crippen LogP) is 5.17. The van der Waals surface area contributed by atoms with E-state index < -0.39 is 17.9 Å². The van der Waals surface area contributed by atoms with Crippen LogP contribution in [-0.4, -0.2) is 23.9 Å². The summed E-state index contributed by atoms with van der Waals surface area (Å²) in [5.74, 6) is 0.905. The maximum atomic E-state index is 12.9. The first-order valence-electron chi connectivity index (χ1n) is 10.6. The molecule has 3 aromatic rings. The average molecular weight is 478 g/mol. The minimum atomic E-state index is -4.43. The Morgan fingerprint density at radius 1 is 1.24 bits per heavy atom. The van der Waals surface area contributed by atoms with Crippen molar-refractivity contribution in [1.82, 2.24) is 10.2 Å². The molecule has 2 aromatic heterocycles. The van der Waals surface area contributed by atoms with E-state index in [1.54, 1.807) is 23.5 Å². The minimum absolute atomic E-state index is 0.0343. The van der Waals surface area contributed by atoms with E-state index in [2.05, 4.69) is 22.5 Å². The van der Waals surface area contributed by atoms with Gasteiger partial charge in [0, 0.05) is 18.0 Å². The average Bonchev–Trinajstić information content (AvgIpc) is 3.41. The quantitative estimate of drug-likeness (QED) is 0.531. The van der Waals surface area contributed by atoms with Crippen LogP contribution < -0.4 is 15.4 Å². The smallest absolute Gasteiger partial charge is 0.416 e. The number of hydrogen-bond donors (Lipinski definition) is 2. The number of likely N-dealkylation sites (N-methyl/N-ethyl adjacent to an activating group) is 1. The van der Waals surface area contributed by atoms with Gasteiger partial charge in [-0.25, -0.2) is 0 Å². The van der Waals surface area contributed by atoms with Crippen molar-refractivity contribution in [3.8, 4) is 5.75 Å². The molecule has 0 saturated heterocycles. The number of furan rings is 1. The molecule has 2 aliphatic heterocycles. The fraction of sp³-hybridized carbons (Fsp3) is 0.348. The van der Waals surface area contributed by atoms with Crippen molar-refractivity contribution in [2.24, 2.45) is 0 Å². The zero-order valence-electron chi connectivity index (χ0n) is 17.8. The molecule has 0 saturated carbocycles. The van der Waals surface area contributed by atoms with Gasteiger partial charge < -0.3 is 19.8 Å². The summed E-state index contributed by atoms with van der Waals surface area (Å²) in [5, 5.41) is 7.14. The molecule has 10 heteroatoms. The van der Waals surface area contributed by atoms with E-state index in [1.807, 2.05) is 0 Å². The molecule has 1 atom stereocenters. The van der Waals surface area contributed by atoms with Crippen molar-refractivity contribution in [3.63, 3.8) is 0 Å². The van der Waals surface area contributed by atoms with Crippen molar-refractivity contribution in [1.29, 1.82) is 0 Å². The summed E-state index contributed by atoms with van der Waals surface area (Å²) < 4.78 is 49.9. The van der Waals surface area contributed by atoms with Gasteiger partial charge in [-0.2, -0.15) is 13.2 Å². The number of anilines is 1. The molecule has 0 radical (unpaired) electrons. The normalized spacial score (nSPS) is 18.3. The topological polar surface area (TPSA) is 66.7 Å². The number of amides is 1. The van der Waals surface area contributed by atoms with Gasteiger partial charge in [0.05, 0.1) is 11.1 Å². The first kappa shape index (κ1) is 21.8. The highest BCUT2D eigenvalue weighted by atomic mass is 32.1. The number of rotatable bonds is 5. The number of thiophene rings is 1. The molecular weight excluding hydrogens is 455 g/mol. The number of hydrogen-bond acceptors (Lipinski definition) is 6. The van der Waals surface area contributed by atoms with Gasteiger partial charge in [-0.1, -0.05) is 13.0 Å². The molecule has 0 spiro atoms. The predicted molar refractivity (Wildman–Crippen MR) is 117 cm³/mol. The summed E-state index contributed by atoms with van der Waals surface area (Å²) in [5.41, 5.74) is 1.07. The number of carbonyl (C=O) groups excluding carboxylic acids is 1. The zero-order chi connectivity index (χ0) is 23.2. The van der Waals surface area contributed by atoms with Gasteiger partial charge in [0.15, 0.2) is 6.17 Å². The number of fused-ring (bicyclic) bond motifs is 3. The molecule has 0 unspecified atom stereocenters. The highest BCUT2D eigenvalue weighted by Crippen LogP contribution is 2.41. The van der Waals surface area contributed by atoms with Gasteiger partial charge in [-0.15, -0.1) is 11.3 Å². The van der Waals surface area contributed by atoms with Crippen molar-refractivity contribution < 1.29 is 27.1 Å². The lowest BCUT2D eigenvalue weighted by atomic mass is 10.0. The number of carbonyl (C=O) groups is 1. The maximum absolute atomic E-state index is 12.9. The molecule has 174 valence electrons. The number of benzene rings is 1. The van der Waals surface area contributed by atoms with Crippen molar-refractivity contribution in [3.05, 3.63) is 69.5 Å². The Bertz CT molecular complexity index is 1190. The van der Waals surface area contributed by atoms with Crippen molar-refractivity contribution >= 4 is 22.2 Å². The SMILES string of the molecule is CCN1CCc2c(sc3c2C(=O)N[C@@H](c2ccc(COc4cccc(C(F)(F)F)c4)o2)N3)C1. The first-order chi connectivity index (χ1) is 15.8. The Morgan fingerprint density at radius 2 is 2.09 bits per heavy atom. The Morgan fingerprint density at radius 3 is 2.88 bits per heavy atom. The first-order valence-corrected chi connectivity index (χ1v) is 11.5. The molecule has 0 aliphatic carbocycles. The van der Waals surface area contributed by atoms with Crippen LogP contribution in [0.15, 0.2) is 40.8 Å². The lowest BCUT2D eigenvalue weighted by Gasteiger charge is -2.27. The van der Waals surface area contributed by atoms with E-state index >= 15 is 0 Å². The molecule has 6 nitrogen and oxygen atoms in total. The van der Waals surface area contributed by atoms with E-state index in [0.29, 0.717) is 11.5 Å². The second kappa shape index (κ2) is 8.42. The van der Waals surface area contributed by atoms with Crippen LogP contribution in [0.1, 0.15) is 51.0 Å². The van der Waals surface area contributed by atoms with E-state index in [1.165, 1.54) is 17.0 Å². The number of ether oxygens (including phenoxy) is 1. The summed E-state index contributed by atoms with van der Waals surface area (Å²) >= 11 is 1.60. The molecule has 33 heavy (non-hydrogen) atoms. The summed E-state index contributed by atoms with van der Waals surface area (Å²) in [6.07, 6.45) is -4.11. The van der Waals surface area contributed by atoms with Crippen molar-refractivity contribution in [2.75, 3.05) is 18.4 Å². The Kier molecular flexibility index (Phi) is 5.57. The van der Waals surface area contributed by atoms with E-state index in [-0.39, 0.29) is 18.3 Å². The molecule has 5 rings (SSSR count). The van der Waals surface area contributed by atoms with Crippen LogP contribution in [0.2, 0.25) is 0 Å². The highest BCUT2D eigenvalue weighted by molar-refractivity contribution is 7.16. The fourth-order valence-electron chi connectivity index (χ4n) is 4.12.